The molecule has 1 saturated heterocycles. The van der Waals surface area contributed by atoms with Crippen molar-refractivity contribution < 1.29 is 9.28 Å². The number of thiophene rings is 1. The summed E-state index contributed by atoms with van der Waals surface area (Å²) in [6.45, 7) is 3.00. The minimum atomic E-state index is 0.302. The van der Waals surface area contributed by atoms with Crippen LogP contribution in [0.2, 0.25) is 0 Å². The molecule has 2 heterocycles. The van der Waals surface area contributed by atoms with E-state index in [4.69, 9.17) is 0 Å². The molecule has 76 valence electrons. The highest BCUT2D eigenvalue weighted by Gasteiger charge is 2.29. The summed E-state index contributed by atoms with van der Waals surface area (Å²) in [5.41, 5.74) is 0.890. The minimum absolute atomic E-state index is 0.302. The molecule has 1 fully saturated rings. The number of quaternary nitrogens is 1. The van der Waals surface area contributed by atoms with E-state index in [1.54, 1.807) is 11.3 Å². The zero-order valence-electron chi connectivity index (χ0n) is 8.53. The van der Waals surface area contributed by atoms with Gasteiger partial charge in [-0.25, -0.2) is 0 Å². The van der Waals surface area contributed by atoms with Gasteiger partial charge in [0, 0.05) is 23.8 Å². The second-order valence-corrected chi connectivity index (χ2v) is 5.15. The quantitative estimate of drug-likeness (QED) is 0.552. The number of nitrogens with zero attached hydrogens (tertiary/aromatic N) is 1. The maximum Gasteiger partial charge on any atom is 0.217 e. The smallest absolute Gasteiger partial charge is 0.217 e. The van der Waals surface area contributed by atoms with Crippen LogP contribution in [0.3, 0.4) is 0 Å². The van der Waals surface area contributed by atoms with Gasteiger partial charge in [0.15, 0.2) is 0 Å². The van der Waals surface area contributed by atoms with Gasteiger partial charge in [-0.3, -0.25) is 4.79 Å². The Morgan fingerprint density at radius 3 is 2.79 bits per heavy atom. The molecule has 2 nitrogen and oxygen atoms in total. The first-order chi connectivity index (χ1) is 6.70. The lowest BCUT2D eigenvalue weighted by molar-refractivity contribution is -0.889. The van der Waals surface area contributed by atoms with E-state index in [0.29, 0.717) is 12.3 Å². The lowest BCUT2D eigenvalue weighted by Gasteiger charge is -2.27. The van der Waals surface area contributed by atoms with Crippen LogP contribution in [0.4, 0.5) is 0 Å². The van der Waals surface area contributed by atoms with Crippen molar-refractivity contribution in [2.24, 2.45) is 0 Å². The molecule has 0 saturated carbocycles. The monoisotopic (exact) mass is 210 g/mol. The largest absolute Gasteiger partial charge is 0.320 e. The van der Waals surface area contributed by atoms with E-state index >= 15 is 0 Å². The number of likely N-dealkylation sites (tertiary alicyclic amines) is 1. The Labute approximate surface area is 88.8 Å². The Morgan fingerprint density at radius 2 is 2.21 bits per heavy atom. The fraction of sp³-hybridized carbons (Fsp3) is 0.545. The second-order valence-electron chi connectivity index (χ2n) is 4.37. The van der Waals surface area contributed by atoms with Crippen molar-refractivity contribution in [2.45, 2.75) is 12.8 Å². The van der Waals surface area contributed by atoms with Gasteiger partial charge in [-0.15, -0.1) is 0 Å². The number of Topliss-reactive ketones (excluding diaryl/α,β-unsaturated/α-hetero) is 1. The third kappa shape index (κ3) is 2.04. The first-order valence-electron chi connectivity index (χ1n) is 5.09. The normalized spacial score (nSPS) is 19.8. The molecule has 0 aliphatic carbocycles. The van der Waals surface area contributed by atoms with Crippen LogP contribution in [0.1, 0.15) is 23.2 Å². The number of hydrogen-bond acceptors (Lipinski definition) is 2. The molecule has 3 heteroatoms. The standard InChI is InChI=1S/C11H16NOS/c1-12(5-2-3-6-12)8-11(13)10-4-7-14-9-10/h4,7,9H,2-3,5-6,8H2,1H3/q+1. The molecule has 1 aromatic heterocycles. The number of carbonyl (C=O) groups excluding carboxylic acids is 1. The van der Waals surface area contributed by atoms with Crippen molar-refractivity contribution in [3.05, 3.63) is 22.4 Å². The summed E-state index contributed by atoms with van der Waals surface area (Å²) in [5.74, 6) is 0.302. The molecule has 0 bridgehead atoms. The fourth-order valence-corrected chi connectivity index (χ4v) is 2.78. The maximum atomic E-state index is 11.9. The van der Waals surface area contributed by atoms with E-state index < -0.39 is 0 Å². The first kappa shape index (κ1) is 9.87. The Morgan fingerprint density at radius 1 is 1.50 bits per heavy atom. The fourth-order valence-electron chi connectivity index (χ4n) is 2.12. The molecule has 0 atom stereocenters. The summed E-state index contributed by atoms with van der Waals surface area (Å²) in [6.07, 6.45) is 2.54. The lowest BCUT2D eigenvalue weighted by Crippen LogP contribution is -2.44. The van der Waals surface area contributed by atoms with Crippen molar-refractivity contribution in [2.75, 3.05) is 26.7 Å². The van der Waals surface area contributed by atoms with E-state index in [2.05, 4.69) is 7.05 Å². The van der Waals surface area contributed by atoms with Crippen molar-refractivity contribution >= 4 is 17.1 Å². The van der Waals surface area contributed by atoms with Crippen LogP contribution < -0.4 is 0 Å². The Hall–Kier alpha value is -0.670. The van der Waals surface area contributed by atoms with E-state index in [1.165, 1.54) is 12.8 Å². The molecule has 0 amide bonds. The van der Waals surface area contributed by atoms with Crippen LogP contribution in [0.5, 0.6) is 0 Å². The van der Waals surface area contributed by atoms with Crippen LogP contribution in [0.15, 0.2) is 16.8 Å². The number of hydrogen-bond donors (Lipinski definition) is 0. The Balaban J connectivity index is 2.01. The van der Waals surface area contributed by atoms with Crippen LogP contribution in [-0.2, 0) is 0 Å². The van der Waals surface area contributed by atoms with Crippen LogP contribution in [0.25, 0.3) is 0 Å². The maximum absolute atomic E-state index is 11.9. The molecule has 0 aromatic carbocycles. The highest BCUT2D eigenvalue weighted by molar-refractivity contribution is 7.08. The summed E-state index contributed by atoms with van der Waals surface area (Å²) in [5, 5.41) is 3.92. The summed E-state index contributed by atoms with van der Waals surface area (Å²) >= 11 is 1.60. The summed E-state index contributed by atoms with van der Waals surface area (Å²) in [6, 6.07) is 1.93. The van der Waals surface area contributed by atoms with E-state index in [1.807, 2.05) is 16.8 Å². The zero-order valence-corrected chi connectivity index (χ0v) is 9.35. The number of ketones is 1. The molecule has 14 heavy (non-hydrogen) atoms. The average Bonchev–Trinajstić information content (AvgIpc) is 2.74. The Kier molecular flexibility index (Phi) is 2.70. The van der Waals surface area contributed by atoms with Crippen LogP contribution in [0, 0.1) is 0 Å². The number of likely N-dealkylation sites (N-methyl/N-ethyl adjacent to an activating group) is 1. The molecule has 0 N–H and O–H groups in total. The van der Waals surface area contributed by atoms with Gasteiger partial charge in [0.2, 0.25) is 5.78 Å². The SMILES string of the molecule is C[N+]1(CC(=O)c2ccsc2)CCCC1. The van der Waals surface area contributed by atoms with Crippen LogP contribution in [-0.4, -0.2) is 36.9 Å². The molecule has 1 aromatic rings. The van der Waals surface area contributed by atoms with Crippen molar-refractivity contribution in [1.82, 2.24) is 0 Å². The summed E-state index contributed by atoms with van der Waals surface area (Å²) in [7, 11) is 2.19. The van der Waals surface area contributed by atoms with Crippen molar-refractivity contribution in [1.29, 1.82) is 0 Å². The highest BCUT2D eigenvalue weighted by atomic mass is 32.1. The van der Waals surface area contributed by atoms with Gasteiger partial charge in [-0.05, 0) is 11.4 Å². The van der Waals surface area contributed by atoms with Gasteiger partial charge in [-0.1, -0.05) is 0 Å². The van der Waals surface area contributed by atoms with E-state index in [-0.39, 0.29) is 0 Å². The summed E-state index contributed by atoms with van der Waals surface area (Å²) in [4.78, 5) is 11.9. The topological polar surface area (TPSA) is 17.1 Å². The van der Waals surface area contributed by atoms with Crippen molar-refractivity contribution in [3.63, 3.8) is 0 Å². The van der Waals surface area contributed by atoms with E-state index in [9.17, 15) is 4.79 Å². The van der Waals surface area contributed by atoms with Gasteiger partial charge < -0.3 is 4.48 Å². The molecular formula is C11H16NOS+. The zero-order chi connectivity index (χ0) is 10.0. The highest BCUT2D eigenvalue weighted by Crippen LogP contribution is 2.18. The molecule has 1 aliphatic rings. The molecule has 1 aliphatic heterocycles. The molecule has 0 radical (unpaired) electrons. The predicted octanol–water partition coefficient (Wildman–Crippen LogP) is 2.17. The number of carbonyl (C=O) groups is 1. The van der Waals surface area contributed by atoms with Gasteiger partial charge in [0.25, 0.3) is 0 Å². The predicted molar refractivity (Wildman–Crippen MR) is 58.7 cm³/mol. The molecular weight excluding hydrogens is 194 g/mol. The molecule has 2 rings (SSSR count). The average molecular weight is 210 g/mol. The van der Waals surface area contributed by atoms with E-state index in [0.717, 1.165) is 23.1 Å². The first-order valence-corrected chi connectivity index (χ1v) is 6.03. The third-order valence-electron chi connectivity index (χ3n) is 3.01. The molecule has 0 unspecified atom stereocenters. The van der Waals surface area contributed by atoms with Gasteiger partial charge in [0.05, 0.1) is 20.1 Å². The van der Waals surface area contributed by atoms with Gasteiger partial charge in [-0.2, -0.15) is 11.3 Å². The lowest BCUT2D eigenvalue weighted by atomic mass is 10.2. The van der Waals surface area contributed by atoms with Gasteiger partial charge >= 0.3 is 0 Å². The van der Waals surface area contributed by atoms with Crippen molar-refractivity contribution in [3.8, 4) is 0 Å². The minimum Gasteiger partial charge on any atom is -0.320 e. The second kappa shape index (κ2) is 3.83. The van der Waals surface area contributed by atoms with Crippen LogP contribution >= 0.6 is 11.3 Å². The number of rotatable bonds is 3. The Bertz CT molecular complexity index is 312. The third-order valence-corrected chi connectivity index (χ3v) is 3.70. The molecule has 0 spiro atoms. The van der Waals surface area contributed by atoms with Gasteiger partial charge in [0.1, 0.15) is 6.54 Å². The summed E-state index contributed by atoms with van der Waals surface area (Å²) < 4.78 is 0.939.